The molecule has 2 heterocycles. The Morgan fingerprint density at radius 3 is 2.75 bits per heavy atom. The monoisotopic (exact) mass is 287 g/mol. The van der Waals surface area contributed by atoms with E-state index in [4.69, 9.17) is 0 Å². The fraction of sp³-hybridized carbons (Fsp3) is 0.267. The summed E-state index contributed by atoms with van der Waals surface area (Å²) in [6, 6.07) is 13.6. The van der Waals surface area contributed by atoms with Crippen LogP contribution < -0.4 is 5.32 Å². The van der Waals surface area contributed by atoms with E-state index < -0.39 is 0 Å². The van der Waals surface area contributed by atoms with Gasteiger partial charge in [-0.25, -0.2) is 4.79 Å². The molecule has 2 aromatic rings. The Bertz CT molecular complexity index is 596. The maximum Gasteiger partial charge on any atom is 0.323 e. The van der Waals surface area contributed by atoms with Crippen LogP contribution >= 0.6 is 11.8 Å². The second-order valence-corrected chi connectivity index (χ2v) is 5.94. The van der Waals surface area contributed by atoms with Gasteiger partial charge in [0, 0.05) is 31.2 Å². The van der Waals surface area contributed by atoms with Gasteiger partial charge in [-0.05, 0) is 24.3 Å². The Labute approximate surface area is 122 Å². The molecule has 0 aliphatic carbocycles. The quantitative estimate of drug-likeness (QED) is 0.920. The number of aryl methyl sites for hydroxylation is 1. The van der Waals surface area contributed by atoms with Crippen molar-refractivity contribution in [2.24, 2.45) is 7.05 Å². The first kappa shape index (κ1) is 13.1. The van der Waals surface area contributed by atoms with Crippen LogP contribution in [0.1, 0.15) is 11.1 Å². The normalized spacial score (nSPS) is 18.2. The third kappa shape index (κ3) is 2.54. The number of anilines is 1. The van der Waals surface area contributed by atoms with Gasteiger partial charge in [-0.3, -0.25) is 0 Å². The molecule has 0 unspecified atom stereocenters. The fourth-order valence-electron chi connectivity index (χ4n) is 2.37. The number of rotatable bonds is 2. The average Bonchev–Trinajstić information content (AvgIpc) is 3.07. The molecule has 104 valence electrons. The lowest BCUT2D eigenvalue weighted by Gasteiger charge is -2.24. The predicted molar refractivity (Wildman–Crippen MR) is 82.8 cm³/mol. The Morgan fingerprint density at radius 1 is 1.25 bits per heavy atom. The molecule has 1 saturated heterocycles. The number of hydrogen-bond acceptors (Lipinski definition) is 2. The van der Waals surface area contributed by atoms with Crippen LogP contribution in [0.15, 0.2) is 48.7 Å². The molecule has 3 rings (SSSR count). The molecule has 1 N–H and O–H groups in total. The predicted octanol–water partition coefficient (Wildman–Crippen LogP) is 3.30. The van der Waals surface area contributed by atoms with Crippen molar-refractivity contribution in [2.75, 3.05) is 17.6 Å². The molecule has 1 fully saturated rings. The zero-order valence-corrected chi connectivity index (χ0v) is 12.1. The lowest BCUT2D eigenvalue weighted by atomic mass is 10.3. The van der Waals surface area contributed by atoms with Crippen molar-refractivity contribution < 1.29 is 4.79 Å². The Hall–Kier alpha value is -1.88. The molecule has 0 spiro atoms. The summed E-state index contributed by atoms with van der Waals surface area (Å²) in [5.74, 6) is 0.970. The maximum absolute atomic E-state index is 12.4. The molecule has 1 aliphatic heterocycles. The number of thioether (sulfide) groups is 1. The van der Waals surface area contributed by atoms with Gasteiger partial charge in [0.25, 0.3) is 0 Å². The van der Waals surface area contributed by atoms with E-state index in [-0.39, 0.29) is 11.4 Å². The number of aromatic nitrogens is 1. The second kappa shape index (κ2) is 5.63. The lowest BCUT2D eigenvalue weighted by Crippen LogP contribution is -2.34. The Kier molecular flexibility index (Phi) is 3.69. The zero-order chi connectivity index (χ0) is 13.9. The number of amides is 2. The van der Waals surface area contributed by atoms with Gasteiger partial charge < -0.3 is 14.8 Å². The van der Waals surface area contributed by atoms with Crippen LogP contribution in [0.5, 0.6) is 0 Å². The van der Waals surface area contributed by atoms with Crippen LogP contribution in [-0.4, -0.2) is 27.8 Å². The molecule has 2 amide bonds. The molecule has 5 heteroatoms. The molecular formula is C15H17N3OS. The number of para-hydroxylation sites is 1. The number of hydrogen-bond donors (Lipinski definition) is 1. The molecule has 4 nitrogen and oxygen atoms in total. The average molecular weight is 287 g/mol. The SMILES string of the molecule is Cn1cccc1[C@H]1SCCN1C(=O)Nc1ccccc1. The van der Waals surface area contributed by atoms with E-state index in [0.29, 0.717) is 0 Å². The third-order valence-electron chi connectivity index (χ3n) is 3.41. The van der Waals surface area contributed by atoms with Crippen LogP contribution in [-0.2, 0) is 7.05 Å². The van der Waals surface area contributed by atoms with Gasteiger partial charge in [0.1, 0.15) is 5.37 Å². The summed E-state index contributed by atoms with van der Waals surface area (Å²) in [7, 11) is 2.02. The largest absolute Gasteiger partial charge is 0.352 e. The van der Waals surface area contributed by atoms with Crippen molar-refractivity contribution in [1.82, 2.24) is 9.47 Å². The van der Waals surface area contributed by atoms with E-state index in [1.54, 1.807) is 11.8 Å². The number of benzene rings is 1. The van der Waals surface area contributed by atoms with Crippen molar-refractivity contribution in [2.45, 2.75) is 5.37 Å². The molecule has 1 aromatic heterocycles. The highest BCUT2D eigenvalue weighted by Crippen LogP contribution is 2.38. The topological polar surface area (TPSA) is 37.3 Å². The van der Waals surface area contributed by atoms with E-state index >= 15 is 0 Å². The van der Waals surface area contributed by atoms with Crippen molar-refractivity contribution in [3.05, 3.63) is 54.4 Å². The molecule has 0 radical (unpaired) electrons. The Morgan fingerprint density at radius 2 is 2.05 bits per heavy atom. The molecular weight excluding hydrogens is 270 g/mol. The summed E-state index contributed by atoms with van der Waals surface area (Å²) in [4.78, 5) is 14.3. The minimum atomic E-state index is -0.0348. The van der Waals surface area contributed by atoms with Gasteiger partial charge in [0.2, 0.25) is 0 Å². The molecule has 1 aromatic carbocycles. The summed E-state index contributed by atoms with van der Waals surface area (Å²) in [6.07, 6.45) is 2.02. The van der Waals surface area contributed by atoms with Crippen LogP contribution in [0.2, 0.25) is 0 Å². The van der Waals surface area contributed by atoms with E-state index in [9.17, 15) is 4.79 Å². The van der Waals surface area contributed by atoms with Gasteiger partial charge >= 0.3 is 6.03 Å². The van der Waals surface area contributed by atoms with Crippen LogP contribution in [0.25, 0.3) is 0 Å². The van der Waals surface area contributed by atoms with E-state index in [1.807, 2.05) is 54.5 Å². The summed E-state index contributed by atoms with van der Waals surface area (Å²) < 4.78 is 2.08. The number of carbonyl (C=O) groups excluding carboxylic acids is 1. The lowest BCUT2D eigenvalue weighted by molar-refractivity contribution is 0.213. The molecule has 0 saturated carbocycles. The minimum absolute atomic E-state index is 0.0348. The van der Waals surface area contributed by atoms with Crippen molar-refractivity contribution in [1.29, 1.82) is 0 Å². The van der Waals surface area contributed by atoms with Crippen molar-refractivity contribution in [3.63, 3.8) is 0 Å². The smallest absolute Gasteiger partial charge is 0.323 e. The highest BCUT2D eigenvalue weighted by Gasteiger charge is 2.31. The highest BCUT2D eigenvalue weighted by molar-refractivity contribution is 7.99. The second-order valence-electron chi connectivity index (χ2n) is 4.76. The van der Waals surface area contributed by atoms with E-state index in [0.717, 1.165) is 23.7 Å². The minimum Gasteiger partial charge on any atom is -0.352 e. The number of carbonyl (C=O) groups is 1. The zero-order valence-electron chi connectivity index (χ0n) is 11.3. The van der Waals surface area contributed by atoms with Crippen LogP contribution in [0.3, 0.4) is 0 Å². The fourth-order valence-corrected chi connectivity index (χ4v) is 3.69. The van der Waals surface area contributed by atoms with Crippen LogP contribution in [0, 0.1) is 0 Å². The first-order chi connectivity index (χ1) is 9.75. The molecule has 1 atom stereocenters. The third-order valence-corrected chi connectivity index (χ3v) is 4.64. The summed E-state index contributed by atoms with van der Waals surface area (Å²) in [6.45, 7) is 0.777. The van der Waals surface area contributed by atoms with Crippen molar-refractivity contribution >= 4 is 23.5 Å². The number of nitrogens with one attached hydrogen (secondary N) is 1. The van der Waals surface area contributed by atoms with Crippen molar-refractivity contribution in [3.8, 4) is 0 Å². The first-order valence-electron chi connectivity index (χ1n) is 6.61. The summed E-state index contributed by atoms with van der Waals surface area (Å²) in [5, 5.41) is 3.06. The summed E-state index contributed by atoms with van der Waals surface area (Å²) in [5.41, 5.74) is 2.00. The standard InChI is InChI=1S/C15H17N3OS/c1-17-9-5-8-13(17)14-18(10-11-20-14)15(19)16-12-6-3-2-4-7-12/h2-9,14H,10-11H2,1H3,(H,16,19)/t14-/m1/s1. The maximum atomic E-state index is 12.4. The van der Waals surface area contributed by atoms with Gasteiger partial charge in [-0.2, -0.15) is 0 Å². The molecule has 0 bridgehead atoms. The van der Waals surface area contributed by atoms with Gasteiger partial charge in [-0.15, -0.1) is 11.8 Å². The van der Waals surface area contributed by atoms with Crippen LogP contribution in [0.4, 0.5) is 10.5 Å². The number of nitrogens with zero attached hydrogens (tertiary/aromatic N) is 2. The van der Waals surface area contributed by atoms with E-state index in [1.165, 1.54) is 0 Å². The van der Waals surface area contributed by atoms with Gasteiger partial charge in [-0.1, -0.05) is 18.2 Å². The highest BCUT2D eigenvalue weighted by atomic mass is 32.2. The van der Waals surface area contributed by atoms with Gasteiger partial charge in [0.15, 0.2) is 0 Å². The molecule has 1 aliphatic rings. The van der Waals surface area contributed by atoms with E-state index in [2.05, 4.69) is 16.0 Å². The summed E-state index contributed by atoms with van der Waals surface area (Å²) >= 11 is 1.81. The number of urea groups is 1. The first-order valence-corrected chi connectivity index (χ1v) is 7.66. The molecule has 20 heavy (non-hydrogen) atoms. The Balaban J connectivity index is 1.76. The van der Waals surface area contributed by atoms with Gasteiger partial charge in [0.05, 0.1) is 5.69 Å².